The second kappa shape index (κ2) is 7.66. The van der Waals surface area contributed by atoms with Gasteiger partial charge in [0.15, 0.2) is 5.11 Å². The van der Waals surface area contributed by atoms with Gasteiger partial charge < -0.3 is 5.32 Å². The molecule has 0 fully saturated rings. The van der Waals surface area contributed by atoms with Crippen molar-refractivity contribution in [3.63, 3.8) is 0 Å². The zero-order chi connectivity index (χ0) is 17.0. The van der Waals surface area contributed by atoms with Crippen LogP contribution in [-0.4, -0.2) is 15.9 Å². The Morgan fingerprint density at radius 2 is 1.96 bits per heavy atom. The Bertz CT molecular complexity index is 801. The van der Waals surface area contributed by atoms with E-state index in [9.17, 15) is 14.9 Å². The molecule has 0 radical (unpaired) electrons. The van der Waals surface area contributed by atoms with Crippen LogP contribution in [0.2, 0.25) is 5.02 Å². The maximum Gasteiger partial charge on any atom is 0.282 e. The Kier molecular flexibility index (Phi) is 5.85. The number of halogens is 2. The molecule has 1 amide bonds. The Labute approximate surface area is 155 Å². The fourth-order valence-electron chi connectivity index (χ4n) is 1.74. The van der Waals surface area contributed by atoms with Crippen LogP contribution >= 0.6 is 46.4 Å². The first-order valence-electron chi connectivity index (χ1n) is 6.19. The van der Waals surface area contributed by atoms with Crippen molar-refractivity contribution in [2.75, 3.05) is 5.32 Å². The molecule has 0 atom stereocenters. The summed E-state index contributed by atoms with van der Waals surface area (Å²) in [5, 5.41) is 16.6. The Morgan fingerprint density at radius 1 is 1.26 bits per heavy atom. The zero-order valence-corrected chi connectivity index (χ0v) is 15.1. The minimum absolute atomic E-state index is 0.00346. The summed E-state index contributed by atoms with van der Waals surface area (Å²) in [4.78, 5) is 22.4. The van der Waals surface area contributed by atoms with Crippen molar-refractivity contribution >= 4 is 68.8 Å². The van der Waals surface area contributed by atoms with E-state index in [1.165, 1.54) is 24.3 Å². The highest BCUT2D eigenvalue weighted by Crippen LogP contribution is 2.24. The summed E-state index contributed by atoms with van der Waals surface area (Å²) in [7, 11) is 0. The highest BCUT2D eigenvalue weighted by molar-refractivity contribution is 14.1. The van der Waals surface area contributed by atoms with E-state index < -0.39 is 10.8 Å². The van der Waals surface area contributed by atoms with Crippen molar-refractivity contribution in [1.29, 1.82) is 0 Å². The van der Waals surface area contributed by atoms with E-state index in [2.05, 4.69) is 33.2 Å². The van der Waals surface area contributed by atoms with Crippen molar-refractivity contribution in [2.45, 2.75) is 0 Å². The van der Waals surface area contributed by atoms with Crippen molar-refractivity contribution in [3.8, 4) is 0 Å². The van der Waals surface area contributed by atoms with E-state index in [0.717, 1.165) is 3.57 Å². The molecule has 0 aliphatic rings. The summed E-state index contributed by atoms with van der Waals surface area (Å²) >= 11 is 13.2. The summed E-state index contributed by atoms with van der Waals surface area (Å²) in [6.45, 7) is 0. The standard InChI is InChI=1S/C14H9ClIN3O3S/c15-10-7-8(16)5-6-11(10)17-14(23)18-13(20)9-3-1-2-4-12(9)19(21)22/h1-7H,(H2,17,18,20,23). The number of carbonyl (C=O) groups excluding carboxylic acids is 1. The van der Waals surface area contributed by atoms with Gasteiger partial charge in [0.25, 0.3) is 11.6 Å². The number of nitro groups is 1. The molecular formula is C14H9ClIN3O3S. The third-order valence-electron chi connectivity index (χ3n) is 2.75. The second-order valence-corrected chi connectivity index (χ2v) is 6.37. The topological polar surface area (TPSA) is 84.3 Å². The highest BCUT2D eigenvalue weighted by Gasteiger charge is 2.20. The van der Waals surface area contributed by atoms with Crippen molar-refractivity contribution in [2.24, 2.45) is 0 Å². The SMILES string of the molecule is O=C(NC(=S)Nc1ccc(I)cc1Cl)c1ccccc1[N+](=O)[O-]. The number of carbonyl (C=O) groups is 1. The van der Waals surface area contributed by atoms with Crippen LogP contribution in [-0.2, 0) is 0 Å². The van der Waals surface area contributed by atoms with E-state index in [1.54, 1.807) is 12.1 Å². The van der Waals surface area contributed by atoms with Crippen LogP contribution in [0.4, 0.5) is 11.4 Å². The number of rotatable bonds is 3. The van der Waals surface area contributed by atoms with Crippen LogP contribution < -0.4 is 10.6 Å². The molecule has 0 aromatic heterocycles. The lowest BCUT2D eigenvalue weighted by atomic mass is 10.1. The van der Waals surface area contributed by atoms with E-state index >= 15 is 0 Å². The molecule has 0 saturated heterocycles. The number of nitrogens with one attached hydrogen (secondary N) is 2. The maximum absolute atomic E-state index is 12.1. The van der Waals surface area contributed by atoms with Gasteiger partial charge in [0, 0.05) is 9.64 Å². The normalized spacial score (nSPS) is 10.0. The van der Waals surface area contributed by atoms with Crippen LogP contribution in [0.3, 0.4) is 0 Å². The van der Waals surface area contributed by atoms with Crippen LogP contribution in [0, 0.1) is 13.7 Å². The third-order valence-corrected chi connectivity index (χ3v) is 3.94. The summed E-state index contributed by atoms with van der Waals surface area (Å²) in [5.41, 5.74) is 0.162. The first-order chi connectivity index (χ1) is 10.9. The van der Waals surface area contributed by atoms with Crippen LogP contribution in [0.15, 0.2) is 42.5 Å². The Morgan fingerprint density at radius 3 is 2.61 bits per heavy atom. The maximum atomic E-state index is 12.1. The first kappa shape index (κ1) is 17.6. The lowest BCUT2D eigenvalue weighted by Gasteiger charge is -2.11. The van der Waals surface area contributed by atoms with Crippen LogP contribution in [0.5, 0.6) is 0 Å². The molecule has 6 nitrogen and oxygen atoms in total. The van der Waals surface area contributed by atoms with Gasteiger partial charge in [-0.15, -0.1) is 0 Å². The number of thiocarbonyl (C=S) groups is 1. The van der Waals surface area contributed by atoms with E-state index in [1.807, 2.05) is 6.07 Å². The van der Waals surface area contributed by atoms with Gasteiger partial charge >= 0.3 is 0 Å². The number of hydrogen-bond donors (Lipinski definition) is 2. The molecule has 9 heteroatoms. The predicted molar refractivity (Wildman–Crippen MR) is 101 cm³/mol. The molecule has 2 N–H and O–H groups in total. The van der Waals surface area contributed by atoms with E-state index in [-0.39, 0.29) is 16.4 Å². The third kappa shape index (κ3) is 4.60. The molecule has 0 heterocycles. The molecule has 23 heavy (non-hydrogen) atoms. The van der Waals surface area contributed by atoms with Gasteiger partial charge in [0.05, 0.1) is 15.6 Å². The number of para-hydroxylation sites is 1. The lowest BCUT2D eigenvalue weighted by Crippen LogP contribution is -2.34. The van der Waals surface area contributed by atoms with Gasteiger partial charge in [-0.25, -0.2) is 0 Å². The van der Waals surface area contributed by atoms with Crippen LogP contribution in [0.1, 0.15) is 10.4 Å². The molecule has 2 aromatic carbocycles. The van der Waals surface area contributed by atoms with Crippen molar-refractivity contribution in [1.82, 2.24) is 5.32 Å². The number of anilines is 1. The summed E-state index contributed by atoms with van der Waals surface area (Å²) in [6, 6.07) is 10.9. The molecule has 118 valence electrons. The fourth-order valence-corrected chi connectivity index (χ4v) is 2.85. The van der Waals surface area contributed by atoms with Gasteiger partial charge in [-0.3, -0.25) is 20.2 Å². The molecule has 0 saturated carbocycles. The summed E-state index contributed by atoms with van der Waals surface area (Å²) in [6.07, 6.45) is 0. The average Bonchev–Trinajstić information content (AvgIpc) is 2.50. The number of amides is 1. The molecule has 2 aromatic rings. The smallest absolute Gasteiger partial charge is 0.282 e. The minimum atomic E-state index is -0.670. The molecule has 0 bridgehead atoms. The van der Waals surface area contributed by atoms with Gasteiger partial charge in [-0.1, -0.05) is 23.7 Å². The fraction of sp³-hybridized carbons (Fsp3) is 0. The number of hydrogen-bond acceptors (Lipinski definition) is 4. The summed E-state index contributed by atoms with van der Waals surface area (Å²) < 4.78 is 0.952. The number of nitro benzene ring substituents is 1. The molecule has 0 spiro atoms. The average molecular weight is 462 g/mol. The molecular weight excluding hydrogens is 453 g/mol. The van der Waals surface area contributed by atoms with Gasteiger partial charge in [-0.2, -0.15) is 0 Å². The van der Waals surface area contributed by atoms with Gasteiger partial charge in [0.1, 0.15) is 5.56 Å². The molecule has 0 unspecified atom stereocenters. The highest BCUT2D eigenvalue weighted by atomic mass is 127. The van der Waals surface area contributed by atoms with Gasteiger partial charge in [0.2, 0.25) is 0 Å². The second-order valence-electron chi connectivity index (χ2n) is 4.31. The van der Waals surface area contributed by atoms with Crippen LogP contribution in [0.25, 0.3) is 0 Å². The molecule has 0 aliphatic carbocycles. The van der Waals surface area contributed by atoms with E-state index in [0.29, 0.717) is 10.7 Å². The Hall–Kier alpha value is -1.78. The lowest BCUT2D eigenvalue weighted by molar-refractivity contribution is -0.385. The van der Waals surface area contributed by atoms with E-state index in [4.69, 9.17) is 23.8 Å². The number of nitrogens with zero attached hydrogens (tertiary/aromatic N) is 1. The Balaban J connectivity index is 2.11. The zero-order valence-electron chi connectivity index (χ0n) is 11.4. The largest absolute Gasteiger partial charge is 0.331 e. The predicted octanol–water partition coefficient (Wildman–Crippen LogP) is 3.98. The van der Waals surface area contributed by atoms with Gasteiger partial charge in [-0.05, 0) is 59.1 Å². The van der Waals surface area contributed by atoms with Crippen molar-refractivity contribution < 1.29 is 9.72 Å². The molecule has 0 aliphatic heterocycles. The van der Waals surface area contributed by atoms with Crippen molar-refractivity contribution in [3.05, 3.63) is 66.7 Å². The molecule has 2 rings (SSSR count). The minimum Gasteiger partial charge on any atom is -0.331 e. The number of benzene rings is 2. The first-order valence-corrected chi connectivity index (χ1v) is 8.06. The summed E-state index contributed by atoms with van der Waals surface area (Å²) in [5.74, 6) is -0.670. The monoisotopic (exact) mass is 461 g/mol. The quantitative estimate of drug-likeness (QED) is 0.313.